The highest BCUT2D eigenvalue weighted by Crippen LogP contribution is 2.14. The molecule has 5 heteroatoms. The minimum atomic E-state index is -0.864. The van der Waals surface area contributed by atoms with Gasteiger partial charge in [0.25, 0.3) is 5.91 Å². The van der Waals surface area contributed by atoms with E-state index in [0.29, 0.717) is 5.56 Å². The average molecular weight is 294 g/mol. The summed E-state index contributed by atoms with van der Waals surface area (Å²) in [6.45, 7) is 3.99. The Bertz CT molecular complexity index is 738. The Morgan fingerprint density at radius 3 is 2.59 bits per heavy atom. The third kappa shape index (κ3) is 3.23. The minimum absolute atomic E-state index is 0.435. The van der Waals surface area contributed by atoms with Crippen molar-refractivity contribution in [2.24, 2.45) is 12.1 Å². The molecule has 0 fully saturated rings. The first-order valence-corrected chi connectivity index (χ1v) is 6.95. The largest absolute Gasteiger partial charge is 0.352 e. The van der Waals surface area contributed by atoms with E-state index in [1.807, 2.05) is 43.7 Å². The van der Waals surface area contributed by atoms with Gasteiger partial charge in [-0.1, -0.05) is 30.3 Å². The zero-order valence-electron chi connectivity index (χ0n) is 12.9. The van der Waals surface area contributed by atoms with E-state index < -0.39 is 11.8 Å². The van der Waals surface area contributed by atoms with E-state index in [4.69, 9.17) is 0 Å². The lowest BCUT2D eigenvalue weighted by molar-refractivity contribution is -0.121. The van der Waals surface area contributed by atoms with Gasteiger partial charge in [0, 0.05) is 24.0 Å². The number of hydrazone groups is 1. The lowest BCUT2D eigenvalue weighted by Crippen LogP contribution is -2.24. The van der Waals surface area contributed by atoms with E-state index in [-0.39, 0.29) is 0 Å². The van der Waals surface area contributed by atoms with Crippen molar-refractivity contribution in [3.8, 4) is 6.07 Å². The molecule has 0 bridgehead atoms. The Morgan fingerprint density at radius 1 is 1.36 bits per heavy atom. The van der Waals surface area contributed by atoms with Gasteiger partial charge in [-0.15, -0.1) is 0 Å². The molecule has 0 unspecified atom stereocenters. The molecule has 2 aromatic rings. The van der Waals surface area contributed by atoms with Crippen molar-refractivity contribution in [2.45, 2.75) is 19.8 Å². The van der Waals surface area contributed by atoms with Gasteiger partial charge in [-0.3, -0.25) is 4.79 Å². The number of carbonyl (C=O) groups is 1. The fraction of sp³-hybridized carbons (Fsp3) is 0.235. The normalized spacial score (nSPS) is 12.1. The predicted molar refractivity (Wildman–Crippen MR) is 85.4 cm³/mol. The molecule has 2 rings (SSSR count). The second-order valence-corrected chi connectivity index (χ2v) is 5.09. The number of hydrogen-bond donors (Lipinski definition) is 1. The van der Waals surface area contributed by atoms with E-state index in [2.05, 4.69) is 10.5 Å². The maximum atomic E-state index is 12.1. The van der Waals surface area contributed by atoms with Crippen LogP contribution < -0.4 is 5.43 Å². The first kappa shape index (κ1) is 15.5. The maximum Gasteiger partial charge on any atom is 0.261 e. The van der Waals surface area contributed by atoms with Gasteiger partial charge in [0.1, 0.15) is 0 Å². The summed E-state index contributed by atoms with van der Waals surface area (Å²) in [5.41, 5.74) is 6.21. The summed E-state index contributed by atoms with van der Waals surface area (Å²) in [6, 6.07) is 12.9. The van der Waals surface area contributed by atoms with Gasteiger partial charge >= 0.3 is 0 Å². The zero-order chi connectivity index (χ0) is 16.1. The van der Waals surface area contributed by atoms with E-state index in [9.17, 15) is 10.1 Å². The van der Waals surface area contributed by atoms with Crippen LogP contribution in [0.2, 0.25) is 0 Å². The summed E-state index contributed by atoms with van der Waals surface area (Å²) in [7, 11) is 1.97. The van der Waals surface area contributed by atoms with Gasteiger partial charge in [-0.05, 0) is 25.5 Å². The lowest BCUT2D eigenvalue weighted by atomic mass is 10.0. The number of nitriles is 1. The monoisotopic (exact) mass is 294 g/mol. The molecule has 0 aliphatic heterocycles. The highest BCUT2D eigenvalue weighted by molar-refractivity contribution is 5.88. The van der Waals surface area contributed by atoms with Crippen molar-refractivity contribution in [3.05, 3.63) is 58.9 Å². The van der Waals surface area contributed by atoms with Gasteiger partial charge in [0.2, 0.25) is 0 Å². The van der Waals surface area contributed by atoms with Gasteiger partial charge in [-0.2, -0.15) is 10.4 Å². The molecule has 1 atom stereocenters. The van der Waals surface area contributed by atoms with Crippen LogP contribution in [0.5, 0.6) is 0 Å². The fourth-order valence-electron chi connectivity index (χ4n) is 2.18. The van der Waals surface area contributed by atoms with Crippen LogP contribution in [0.15, 0.2) is 41.5 Å². The Hall–Kier alpha value is -2.87. The van der Waals surface area contributed by atoms with Crippen LogP contribution in [0.1, 0.15) is 28.4 Å². The van der Waals surface area contributed by atoms with Gasteiger partial charge in [-0.25, -0.2) is 5.43 Å². The SMILES string of the molecule is Cc1cc(/C=N\NC(=O)[C@@H](C#N)c2ccccc2)c(C)n1C. The predicted octanol–water partition coefficient (Wildman–Crippen LogP) is 2.40. The molecule has 1 heterocycles. The Kier molecular flexibility index (Phi) is 4.74. The highest BCUT2D eigenvalue weighted by atomic mass is 16.2. The summed E-state index contributed by atoms with van der Waals surface area (Å²) in [4.78, 5) is 12.1. The smallest absolute Gasteiger partial charge is 0.261 e. The van der Waals surface area contributed by atoms with E-state index in [1.165, 1.54) is 0 Å². The highest BCUT2D eigenvalue weighted by Gasteiger charge is 2.19. The molecule has 22 heavy (non-hydrogen) atoms. The van der Waals surface area contributed by atoms with Crippen molar-refractivity contribution in [1.29, 1.82) is 5.26 Å². The summed E-state index contributed by atoms with van der Waals surface area (Å²) in [6.07, 6.45) is 1.60. The van der Waals surface area contributed by atoms with Crippen LogP contribution in [0.3, 0.4) is 0 Å². The molecule has 1 aromatic heterocycles. The second-order valence-electron chi connectivity index (χ2n) is 5.09. The van der Waals surface area contributed by atoms with Crippen LogP contribution in [0.4, 0.5) is 0 Å². The van der Waals surface area contributed by atoms with Gasteiger partial charge < -0.3 is 4.57 Å². The lowest BCUT2D eigenvalue weighted by Gasteiger charge is -2.07. The summed E-state index contributed by atoms with van der Waals surface area (Å²) >= 11 is 0. The zero-order valence-corrected chi connectivity index (χ0v) is 12.9. The van der Waals surface area contributed by atoms with Crippen molar-refractivity contribution in [3.63, 3.8) is 0 Å². The first-order chi connectivity index (χ1) is 10.5. The fourth-order valence-corrected chi connectivity index (χ4v) is 2.18. The standard InChI is InChI=1S/C17H18N4O/c1-12-9-15(13(2)21(12)3)11-19-20-17(22)16(10-18)14-7-5-4-6-8-14/h4-9,11,16H,1-3H3,(H,20,22)/b19-11-/t16-/m0/s1. The number of nitrogens with one attached hydrogen (secondary N) is 1. The van der Waals surface area contributed by atoms with Gasteiger partial charge in [0.05, 0.1) is 12.3 Å². The molecular weight excluding hydrogens is 276 g/mol. The summed E-state index contributed by atoms with van der Waals surface area (Å²) in [5.74, 6) is -1.30. The molecule has 0 radical (unpaired) electrons. The maximum absolute atomic E-state index is 12.1. The van der Waals surface area contributed by atoms with Gasteiger partial charge in [0.15, 0.2) is 5.92 Å². The number of amides is 1. The number of carbonyl (C=O) groups excluding carboxylic acids is 1. The topological polar surface area (TPSA) is 70.2 Å². The van der Waals surface area contributed by atoms with E-state index in [0.717, 1.165) is 17.0 Å². The molecule has 1 amide bonds. The van der Waals surface area contributed by atoms with E-state index >= 15 is 0 Å². The van der Waals surface area contributed by atoms with Crippen LogP contribution in [0, 0.1) is 25.2 Å². The Morgan fingerprint density at radius 2 is 2.05 bits per heavy atom. The summed E-state index contributed by atoms with van der Waals surface area (Å²) < 4.78 is 2.05. The second kappa shape index (κ2) is 6.72. The van der Waals surface area contributed by atoms with Crippen molar-refractivity contribution in [1.82, 2.24) is 9.99 Å². The first-order valence-electron chi connectivity index (χ1n) is 6.95. The Labute approximate surface area is 129 Å². The average Bonchev–Trinajstić information content (AvgIpc) is 2.76. The number of benzene rings is 1. The quantitative estimate of drug-likeness (QED) is 0.695. The molecule has 5 nitrogen and oxygen atoms in total. The van der Waals surface area contributed by atoms with Crippen molar-refractivity contribution < 1.29 is 4.79 Å². The molecule has 0 saturated heterocycles. The molecule has 0 saturated carbocycles. The number of hydrogen-bond acceptors (Lipinski definition) is 3. The van der Waals surface area contributed by atoms with Crippen LogP contribution in [-0.2, 0) is 11.8 Å². The minimum Gasteiger partial charge on any atom is -0.352 e. The number of aromatic nitrogens is 1. The van der Waals surface area contributed by atoms with Crippen LogP contribution >= 0.6 is 0 Å². The van der Waals surface area contributed by atoms with Crippen molar-refractivity contribution >= 4 is 12.1 Å². The molecule has 1 N–H and O–H groups in total. The third-order valence-corrected chi connectivity index (χ3v) is 3.72. The molecule has 1 aromatic carbocycles. The number of aryl methyl sites for hydroxylation is 1. The molecule has 112 valence electrons. The number of rotatable bonds is 4. The van der Waals surface area contributed by atoms with Crippen LogP contribution in [0.25, 0.3) is 0 Å². The van der Waals surface area contributed by atoms with Crippen LogP contribution in [-0.4, -0.2) is 16.7 Å². The summed E-state index contributed by atoms with van der Waals surface area (Å²) in [5, 5.41) is 13.1. The molecule has 0 spiro atoms. The number of nitrogens with zero attached hydrogens (tertiary/aromatic N) is 3. The Balaban J connectivity index is 2.07. The molecular formula is C17H18N4O. The van der Waals surface area contributed by atoms with Crippen molar-refractivity contribution in [2.75, 3.05) is 0 Å². The molecule has 0 aliphatic carbocycles. The molecule has 0 aliphatic rings. The third-order valence-electron chi connectivity index (χ3n) is 3.72. The van der Waals surface area contributed by atoms with E-state index in [1.54, 1.807) is 30.5 Å².